The summed E-state index contributed by atoms with van der Waals surface area (Å²) in [4.78, 5) is 0. The third-order valence-corrected chi connectivity index (χ3v) is 2.90. The molecule has 4 aliphatic rings. The predicted octanol–water partition coefficient (Wildman–Crippen LogP) is -0.822. The van der Waals surface area contributed by atoms with Gasteiger partial charge < -0.3 is 0 Å². The number of hydrogen-bond acceptors (Lipinski definition) is 4. The summed E-state index contributed by atoms with van der Waals surface area (Å²) in [6, 6.07) is 0. The van der Waals surface area contributed by atoms with Gasteiger partial charge in [-0.15, -0.1) is 0 Å². The molecule has 0 aliphatic carbocycles. The minimum Gasteiger partial charge on any atom is -0.240 e. The van der Waals surface area contributed by atoms with E-state index in [1.165, 1.54) is 26.1 Å². The van der Waals surface area contributed by atoms with Crippen LogP contribution < -0.4 is 11.0 Å². The van der Waals surface area contributed by atoms with Crippen molar-refractivity contribution < 1.29 is 0 Å². The molecule has 4 heterocycles. The minimum atomic E-state index is 0.869. The first-order valence-electron chi connectivity index (χ1n) is 4.42. The molecule has 62 valence electrons. The maximum absolute atomic E-state index is 3.38. The van der Waals surface area contributed by atoms with Gasteiger partial charge >= 0.3 is 0 Å². The van der Waals surface area contributed by atoms with E-state index in [-0.39, 0.29) is 0 Å². The van der Waals surface area contributed by atoms with Gasteiger partial charge in [0.15, 0.2) is 0 Å². The largest absolute Gasteiger partial charge is 0.240 e. The average molecular weight is 154 g/mol. The van der Waals surface area contributed by atoms with Gasteiger partial charge in [0.25, 0.3) is 0 Å². The van der Waals surface area contributed by atoms with Crippen LogP contribution in [0.25, 0.3) is 0 Å². The summed E-state index contributed by atoms with van der Waals surface area (Å²) in [7, 11) is 0. The van der Waals surface area contributed by atoms with Crippen LogP contribution >= 0.6 is 0 Å². The standard InChI is InChI=1S/C7H14N4/c1-6-2-8-11-5-7(1)4-10(3-6)9-11/h6-9H,1-5H2. The summed E-state index contributed by atoms with van der Waals surface area (Å²) in [6.07, 6.45) is 1.42. The van der Waals surface area contributed by atoms with Gasteiger partial charge in [-0.2, -0.15) is 10.7 Å². The molecule has 4 saturated heterocycles. The van der Waals surface area contributed by atoms with Crippen LogP contribution in [0.4, 0.5) is 0 Å². The van der Waals surface area contributed by atoms with Gasteiger partial charge in [-0.1, -0.05) is 0 Å². The molecule has 2 N–H and O–H groups in total. The number of piperidine rings is 1. The van der Waals surface area contributed by atoms with Gasteiger partial charge in [-0.3, -0.25) is 0 Å². The molecule has 4 unspecified atom stereocenters. The van der Waals surface area contributed by atoms with Crippen molar-refractivity contribution in [2.75, 3.05) is 26.2 Å². The fraction of sp³-hybridized carbons (Fsp3) is 1.00. The minimum absolute atomic E-state index is 0.869. The highest BCUT2D eigenvalue weighted by atomic mass is 15.9. The maximum atomic E-state index is 3.38. The zero-order valence-electron chi connectivity index (χ0n) is 6.58. The Hall–Kier alpha value is -0.160. The van der Waals surface area contributed by atoms with Crippen molar-refractivity contribution in [1.82, 2.24) is 21.1 Å². The lowest BCUT2D eigenvalue weighted by Crippen LogP contribution is -2.61. The fourth-order valence-electron chi connectivity index (χ4n) is 2.49. The molecule has 4 aliphatic heterocycles. The molecular weight excluding hydrogens is 140 g/mol. The third kappa shape index (κ3) is 0.980. The summed E-state index contributed by atoms with van der Waals surface area (Å²) < 4.78 is 0. The molecule has 4 rings (SSSR count). The van der Waals surface area contributed by atoms with E-state index in [0.29, 0.717) is 0 Å². The Morgan fingerprint density at radius 2 is 2.00 bits per heavy atom. The number of nitrogens with one attached hydrogen (secondary N) is 2. The van der Waals surface area contributed by atoms with E-state index >= 15 is 0 Å². The van der Waals surface area contributed by atoms with Crippen molar-refractivity contribution in [2.45, 2.75) is 6.42 Å². The first-order chi connectivity index (χ1) is 5.40. The van der Waals surface area contributed by atoms with Crippen molar-refractivity contribution in [3.63, 3.8) is 0 Å². The number of hydrazine groups is 3. The van der Waals surface area contributed by atoms with E-state index in [1.54, 1.807) is 0 Å². The second-order valence-electron chi connectivity index (χ2n) is 3.95. The molecule has 4 atom stereocenters. The van der Waals surface area contributed by atoms with E-state index in [4.69, 9.17) is 0 Å². The van der Waals surface area contributed by atoms with E-state index in [1.807, 2.05) is 0 Å². The molecule has 4 heteroatoms. The Labute approximate surface area is 66.4 Å². The third-order valence-electron chi connectivity index (χ3n) is 2.90. The quantitative estimate of drug-likeness (QED) is 0.477. The molecular formula is C7H14N4. The second-order valence-corrected chi connectivity index (χ2v) is 3.95. The molecule has 0 aromatic rings. The topological polar surface area (TPSA) is 30.5 Å². The predicted molar refractivity (Wildman–Crippen MR) is 41.0 cm³/mol. The Balaban J connectivity index is 1.90. The Bertz CT molecular complexity index is 138. The highest BCUT2D eigenvalue weighted by molar-refractivity contribution is 4.85. The van der Waals surface area contributed by atoms with Crippen LogP contribution in [0, 0.1) is 11.8 Å². The van der Waals surface area contributed by atoms with E-state index in [0.717, 1.165) is 18.4 Å². The fourth-order valence-corrected chi connectivity index (χ4v) is 2.49. The van der Waals surface area contributed by atoms with Crippen molar-refractivity contribution in [3.05, 3.63) is 0 Å². The van der Waals surface area contributed by atoms with Crippen LogP contribution in [-0.2, 0) is 0 Å². The van der Waals surface area contributed by atoms with Crippen molar-refractivity contribution in [3.8, 4) is 0 Å². The number of nitrogens with zero attached hydrogens (tertiary/aromatic N) is 2. The molecule has 0 spiro atoms. The van der Waals surface area contributed by atoms with Gasteiger partial charge in [0.2, 0.25) is 0 Å². The van der Waals surface area contributed by atoms with Gasteiger partial charge in [-0.25, -0.2) is 10.4 Å². The Morgan fingerprint density at radius 1 is 1.09 bits per heavy atom. The summed E-state index contributed by atoms with van der Waals surface area (Å²) in [5, 5.41) is 4.48. The number of fused-ring (bicyclic) bond motifs is 1. The van der Waals surface area contributed by atoms with Crippen LogP contribution in [0.5, 0.6) is 0 Å². The zero-order chi connectivity index (χ0) is 7.26. The monoisotopic (exact) mass is 154 g/mol. The van der Waals surface area contributed by atoms with Crippen molar-refractivity contribution >= 4 is 0 Å². The second kappa shape index (κ2) is 2.17. The molecule has 0 saturated carbocycles. The Kier molecular flexibility index (Phi) is 1.25. The van der Waals surface area contributed by atoms with Gasteiger partial charge in [0, 0.05) is 26.2 Å². The van der Waals surface area contributed by atoms with E-state index in [2.05, 4.69) is 21.1 Å². The molecule has 0 aromatic heterocycles. The Morgan fingerprint density at radius 3 is 2.91 bits per heavy atom. The molecule has 0 amide bonds. The molecule has 4 fully saturated rings. The van der Waals surface area contributed by atoms with Gasteiger partial charge in [-0.05, 0) is 18.3 Å². The van der Waals surface area contributed by atoms with Crippen LogP contribution in [0.3, 0.4) is 0 Å². The average Bonchev–Trinajstić information content (AvgIpc) is 2.18. The van der Waals surface area contributed by atoms with Gasteiger partial charge in [0.1, 0.15) is 0 Å². The summed E-state index contributed by atoms with van der Waals surface area (Å²) >= 11 is 0. The van der Waals surface area contributed by atoms with Crippen molar-refractivity contribution in [2.24, 2.45) is 11.8 Å². The summed E-state index contributed by atoms with van der Waals surface area (Å²) in [5.41, 5.74) is 6.72. The summed E-state index contributed by atoms with van der Waals surface area (Å²) in [6.45, 7) is 4.79. The SMILES string of the molecule is C1NN2CC3CC1CN(C3)N2. The lowest BCUT2D eigenvalue weighted by Gasteiger charge is -2.41. The first-order valence-corrected chi connectivity index (χ1v) is 4.42. The maximum Gasteiger partial charge on any atom is 0.0343 e. The summed E-state index contributed by atoms with van der Waals surface area (Å²) in [5.74, 6) is 1.76. The molecule has 11 heavy (non-hydrogen) atoms. The van der Waals surface area contributed by atoms with E-state index in [9.17, 15) is 0 Å². The highest BCUT2D eigenvalue weighted by Crippen LogP contribution is 2.26. The molecule has 0 aromatic carbocycles. The smallest absolute Gasteiger partial charge is 0.0343 e. The lowest BCUT2D eigenvalue weighted by molar-refractivity contribution is -0.0736. The van der Waals surface area contributed by atoms with Crippen LogP contribution in [-0.4, -0.2) is 36.3 Å². The first kappa shape index (κ1) is 6.37. The number of hydrogen-bond donors (Lipinski definition) is 2. The molecule has 0 radical (unpaired) electrons. The zero-order valence-corrected chi connectivity index (χ0v) is 6.58. The lowest BCUT2D eigenvalue weighted by atomic mass is 9.90. The van der Waals surface area contributed by atoms with Crippen LogP contribution in [0.2, 0.25) is 0 Å². The molecule has 4 bridgehead atoms. The van der Waals surface area contributed by atoms with Crippen LogP contribution in [0.15, 0.2) is 0 Å². The highest BCUT2D eigenvalue weighted by Gasteiger charge is 2.36. The van der Waals surface area contributed by atoms with Gasteiger partial charge in [0.05, 0.1) is 0 Å². The van der Waals surface area contributed by atoms with Crippen LogP contribution in [0.1, 0.15) is 6.42 Å². The molecule has 4 nitrogen and oxygen atoms in total. The van der Waals surface area contributed by atoms with Crippen molar-refractivity contribution in [1.29, 1.82) is 0 Å². The van der Waals surface area contributed by atoms with E-state index < -0.39 is 0 Å². The normalized spacial score (nSPS) is 54.5. The number of rotatable bonds is 0.